The molecular weight excluding hydrogens is 268 g/mol. The van der Waals surface area contributed by atoms with Crippen molar-refractivity contribution in [2.75, 3.05) is 5.32 Å². The Kier molecular flexibility index (Phi) is 3.59. The Morgan fingerprint density at radius 3 is 2.68 bits per heavy atom. The van der Waals surface area contributed by atoms with E-state index < -0.39 is 5.97 Å². The molecule has 0 aliphatic rings. The van der Waals surface area contributed by atoms with Crippen molar-refractivity contribution in [2.24, 2.45) is 0 Å². The molecule has 2 aromatic rings. The third-order valence-corrected chi connectivity index (χ3v) is 2.54. The SMILES string of the molecule is N#Cc1ccc(Nc2cnc(C(=O)O)cn2)c(Cl)c1. The van der Waals surface area contributed by atoms with Crippen LogP contribution in [0.25, 0.3) is 0 Å². The summed E-state index contributed by atoms with van der Waals surface area (Å²) in [5.41, 5.74) is 0.859. The first kappa shape index (κ1) is 12.8. The van der Waals surface area contributed by atoms with Gasteiger partial charge in [0, 0.05) is 0 Å². The van der Waals surface area contributed by atoms with E-state index in [4.69, 9.17) is 22.0 Å². The van der Waals surface area contributed by atoms with Crippen LogP contribution in [0.1, 0.15) is 16.1 Å². The molecule has 0 spiro atoms. The van der Waals surface area contributed by atoms with Crippen molar-refractivity contribution in [3.05, 3.63) is 46.9 Å². The molecule has 0 saturated carbocycles. The van der Waals surface area contributed by atoms with Crippen LogP contribution in [0.3, 0.4) is 0 Å². The van der Waals surface area contributed by atoms with Gasteiger partial charge in [0.05, 0.1) is 34.7 Å². The highest BCUT2D eigenvalue weighted by Crippen LogP contribution is 2.25. The Morgan fingerprint density at radius 1 is 1.37 bits per heavy atom. The van der Waals surface area contributed by atoms with Gasteiger partial charge in [0.25, 0.3) is 0 Å². The number of carboxylic acids is 1. The van der Waals surface area contributed by atoms with E-state index in [1.54, 1.807) is 12.1 Å². The van der Waals surface area contributed by atoms with Gasteiger partial charge in [-0.15, -0.1) is 0 Å². The standard InChI is InChI=1S/C12H7ClN4O2/c13-8-3-7(4-14)1-2-9(8)17-11-6-15-10(5-16-11)12(18)19/h1-3,5-6H,(H,16,17)(H,18,19). The summed E-state index contributed by atoms with van der Waals surface area (Å²) in [5, 5.41) is 20.7. The number of hydrogen-bond donors (Lipinski definition) is 2. The lowest BCUT2D eigenvalue weighted by Gasteiger charge is -2.07. The smallest absolute Gasteiger partial charge is 0.356 e. The van der Waals surface area contributed by atoms with Crippen molar-refractivity contribution in [3.8, 4) is 6.07 Å². The van der Waals surface area contributed by atoms with Crippen molar-refractivity contribution in [2.45, 2.75) is 0 Å². The molecule has 0 aliphatic carbocycles. The third-order valence-electron chi connectivity index (χ3n) is 2.23. The molecule has 2 N–H and O–H groups in total. The Hall–Kier alpha value is -2.65. The number of benzene rings is 1. The van der Waals surface area contributed by atoms with Gasteiger partial charge < -0.3 is 10.4 Å². The minimum Gasteiger partial charge on any atom is -0.476 e. The first-order valence-corrected chi connectivity index (χ1v) is 5.50. The zero-order chi connectivity index (χ0) is 13.8. The zero-order valence-corrected chi connectivity index (χ0v) is 10.2. The molecule has 1 aromatic heterocycles. The minimum atomic E-state index is -1.14. The molecule has 94 valence electrons. The number of nitriles is 1. The van der Waals surface area contributed by atoms with E-state index in [0.29, 0.717) is 22.1 Å². The summed E-state index contributed by atoms with van der Waals surface area (Å²) in [6.07, 6.45) is 2.43. The molecule has 0 unspecified atom stereocenters. The summed E-state index contributed by atoms with van der Waals surface area (Å²) in [7, 11) is 0. The number of aromatic carboxylic acids is 1. The van der Waals surface area contributed by atoms with Gasteiger partial charge in [0.1, 0.15) is 5.82 Å². The molecule has 0 amide bonds. The summed E-state index contributed by atoms with van der Waals surface area (Å²) in [4.78, 5) is 18.2. The van der Waals surface area contributed by atoms with E-state index in [2.05, 4.69) is 15.3 Å². The maximum Gasteiger partial charge on any atom is 0.356 e. The highest BCUT2D eigenvalue weighted by Gasteiger charge is 2.06. The molecule has 1 heterocycles. The first-order valence-electron chi connectivity index (χ1n) is 5.12. The molecule has 0 aliphatic heterocycles. The largest absolute Gasteiger partial charge is 0.476 e. The molecule has 19 heavy (non-hydrogen) atoms. The van der Waals surface area contributed by atoms with Crippen LogP contribution in [0, 0.1) is 11.3 Å². The summed E-state index contributed by atoms with van der Waals surface area (Å²) in [5.74, 6) is -0.785. The van der Waals surface area contributed by atoms with Crippen molar-refractivity contribution in [1.82, 2.24) is 9.97 Å². The number of halogens is 1. The van der Waals surface area contributed by atoms with Gasteiger partial charge in [0.15, 0.2) is 5.69 Å². The predicted octanol–water partition coefficient (Wildman–Crippen LogP) is 2.44. The van der Waals surface area contributed by atoms with Crippen molar-refractivity contribution in [1.29, 1.82) is 5.26 Å². The van der Waals surface area contributed by atoms with Gasteiger partial charge in [-0.05, 0) is 18.2 Å². The summed E-state index contributed by atoms with van der Waals surface area (Å²) in [6.45, 7) is 0. The lowest BCUT2D eigenvalue weighted by molar-refractivity contribution is 0.0690. The number of anilines is 2. The highest BCUT2D eigenvalue weighted by molar-refractivity contribution is 6.33. The van der Waals surface area contributed by atoms with E-state index in [0.717, 1.165) is 6.20 Å². The fourth-order valence-corrected chi connectivity index (χ4v) is 1.55. The number of aromatic nitrogens is 2. The lowest BCUT2D eigenvalue weighted by atomic mass is 10.2. The topological polar surface area (TPSA) is 98.9 Å². The number of nitrogens with one attached hydrogen (secondary N) is 1. The highest BCUT2D eigenvalue weighted by atomic mass is 35.5. The van der Waals surface area contributed by atoms with E-state index >= 15 is 0 Å². The average Bonchev–Trinajstić information content (AvgIpc) is 2.41. The van der Waals surface area contributed by atoms with Gasteiger partial charge in [-0.1, -0.05) is 11.6 Å². The maximum absolute atomic E-state index is 10.6. The molecule has 0 radical (unpaired) electrons. The van der Waals surface area contributed by atoms with Crippen LogP contribution in [0.5, 0.6) is 0 Å². The maximum atomic E-state index is 10.6. The van der Waals surface area contributed by atoms with Crippen LogP contribution in [-0.2, 0) is 0 Å². The third kappa shape index (κ3) is 2.97. The molecular formula is C12H7ClN4O2. The van der Waals surface area contributed by atoms with Crippen LogP contribution in [-0.4, -0.2) is 21.0 Å². The van der Waals surface area contributed by atoms with E-state index in [9.17, 15) is 4.79 Å². The van der Waals surface area contributed by atoms with Gasteiger partial charge in [-0.25, -0.2) is 14.8 Å². The molecule has 0 bridgehead atoms. The molecule has 1 aromatic carbocycles. The van der Waals surface area contributed by atoms with Crippen molar-refractivity contribution >= 4 is 29.1 Å². The van der Waals surface area contributed by atoms with Gasteiger partial charge in [0.2, 0.25) is 0 Å². The molecule has 0 saturated heterocycles. The number of carbonyl (C=O) groups is 1. The van der Waals surface area contributed by atoms with Gasteiger partial charge in [-0.3, -0.25) is 0 Å². The number of rotatable bonds is 3. The lowest BCUT2D eigenvalue weighted by Crippen LogP contribution is -2.02. The second-order valence-corrected chi connectivity index (χ2v) is 3.93. The van der Waals surface area contributed by atoms with Crippen LogP contribution in [0.2, 0.25) is 5.02 Å². The fourth-order valence-electron chi connectivity index (χ4n) is 1.33. The number of carboxylic acid groups (broad SMARTS) is 1. The molecule has 6 nitrogen and oxygen atoms in total. The first-order chi connectivity index (χ1) is 9.10. The second-order valence-electron chi connectivity index (χ2n) is 3.52. The Bertz CT molecular complexity index is 664. The van der Waals surface area contributed by atoms with Crippen LogP contribution in [0.15, 0.2) is 30.6 Å². The van der Waals surface area contributed by atoms with E-state index in [1.165, 1.54) is 12.3 Å². The van der Waals surface area contributed by atoms with Crippen LogP contribution >= 0.6 is 11.6 Å². The summed E-state index contributed by atoms with van der Waals surface area (Å²) in [6, 6.07) is 6.73. The Balaban J connectivity index is 2.22. The zero-order valence-electron chi connectivity index (χ0n) is 9.46. The van der Waals surface area contributed by atoms with Crippen molar-refractivity contribution < 1.29 is 9.90 Å². The second kappa shape index (κ2) is 5.33. The Labute approximate surface area is 113 Å². The van der Waals surface area contributed by atoms with Gasteiger partial charge >= 0.3 is 5.97 Å². The van der Waals surface area contributed by atoms with Gasteiger partial charge in [-0.2, -0.15) is 5.26 Å². The van der Waals surface area contributed by atoms with Crippen LogP contribution in [0.4, 0.5) is 11.5 Å². The summed E-state index contributed by atoms with van der Waals surface area (Å²) < 4.78 is 0. The molecule has 0 fully saturated rings. The normalized spacial score (nSPS) is 9.68. The monoisotopic (exact) mass is 274 g/mol. The molecule has 0 atom stereocenters. The summed E-state index contributed by atoms with van der Waals surface area (Å²) >= 11 is 5.98. The number of nitrogens with zero attached hydrogens (tertiary/aromatic N) is 3. The number of hydrogen-bond acceptors (Lipinski definition) is 5. The molecule has 2 rings (SSSR count). The van der Waals surface area contributed by atoms with Crippen molar-refractivity contribution in [3.63, 3.8) is 0 Å². The van der Waals surface area contributed by atoms with E-state index in [-0.39, 0.29) is 5.69 Å². The predicted molar refractivity (Wildman–Crippen MR) is 68.4 cm³/mol. The van der Waals surface area contributed by atoms with E-state index in [1.807, 2.05) is 6.07 Å². The quantitative estimate of drug-likeness (QED) is 0.892. The Morgan fingerprint density at radius 2 is 2.16 bits per heavy atom. The van der Waals surface area contributed by atoms with Crippen LogP contribution < -0.4 is 5.32 Å². The average molecular weight is 275 g/mol. The molecule has 7 heteroatoms. The minimum absolute atomic E-state index is 0.142. The fraction of sp³-hybridized carbons (Fsp3) is 0.